The van der Waals surface area contributed by atoms with E-state index in [9.17, 15) is 14.4 Å². The van der Waals surface area contributed by atoms with Gasteiger partial charge in [0.05, 0.1) is 20.5 Å². The first-order valence-corrected chi connectivity index (χ1v) is 12.3. The van der Waals surface area contributed by atoms with Crippen LogP contribution in [-0.2, 0) is 18.2 Å². The molecule has 3 aromatic carbocycles. The van der Waals surface area contributed by atoms with Crippen molar-refractivity contribution in [3.63, 3.8) is 0 Å². The fraction of sp³-hybridized carbons (Fsp3) is 0.160. The van der Waals surface area contributed by atoms with E-state index in [1.807, 2.05) is 48.5 Å². The van der Waals surface area contributed by atoms with Crippen LogP contribution in [0.15, 0.2) is 72.8 Å². The van der Waals surface area contributed by atoms with Crippen LogP contribution in [0, 0.1) is 11.8 Å². The van der Waals surface area contributed by atoms with E-state index in [1.165, 1.54) is 6.07 Å². The van der Waals surface area contributed by atoms with E-state index in [0.717, 1.165) is 27.3 Å². The Bertz CT molecular complexity index is 1270. The average Bonchev–Trinajstić information content (AvgIpc) is 3.08. The lowest BCUT2D eigenvalue weighted by atomic mass is 9.54. The number of nitrogens with one attached hydrogen (secondary N) is 1. The summed E-state index contributed by atoms with van der Waals surface area (Å²) in [5.74, 6) is -2.97. The molecule has 1 aliphatic heterocycles. The van der Waals surface area contributed by atoms with Gasteiger partial charge in [-0.3, -0.25) is 19.8 Å². The van der Waals surface area contributed by atoms with Crippen LogP contribution in [0.4, 0.5) is 0 Å². The highest BCUT2D eigenvalue weighted by Gasteiger charge is 2.72. The molecule has 1 saturated heterocycles. The molecule has 164 valence electrons. The van der Waals surface area contributed by atoms with Gasteiger partial charge < -0.3 is 0 Å². The second-order valence-corrected chi connectivity index (χ2v) is 11.4. The Morgan fingerprint density at radius 2 is 1.24 bits per heavy atom. The fourth-order valence-electron chi connectivity index (χ4n) is 5.57. The molecule has 2 atom stereocenters. The summed E-state index contributed by atoms with van der Waals surface area (Å²) in [4.78, 5) is 40.4. The van der Waals surface area contributed by atoms with Crippen LogP contribution in [0.3, 0.4) is 0 Å². The number of hydrogen-bond acceptors (Lipinski definition) is 3. The monoisotopic (exact) mass is 584 g/mol. The summed E-state index contributed by atoms with van der Waals surface area (Å²) in [5.41, 5.74) is 6.53. The summed E-state index contributed by atoms with van der Waals surface area (Å²) in [6.07, 6.45) is 0. The van der Waals surface area contributed by atoms with Gasteiger partial charge in [-0.05, 0) is 40.5 Å². The molecule has 33 heavy (non-hydrogen) atoms. The number of hydrazine groups is 1. The number of carbonyl (C=O) groups excluding carboxylic acids is 3. The van der Waals surface area contributed by atoms with Crippen molar-refractivity contribution in [3.05, 3.63) is 106 Å². The molecule has 1 N–H and O–H groups in total. The van der Waals surface area contributed by atoms with Gasteiger partial charge >= 0.3 is 0 Å². The number of alkyl halides is 2. The minimum atomic E-state index is -0.900. The number of hydrogen-bond donors (Lipinski definition) is 1. The van der Waals surface area contributed by atoms with Crippen molar-refractivity contribution < 1.29 is 14.4 Å². The number of benzene rings is 3. The zero-order valence-corrected chi connectivity index (χ0v) is 20.8. The molecule has 2 bridgehead atoms. The molecule has 0 radical (unpaired) electrons. The van der Waals surface area contributed by atoms with E-state index < -0.39 is 38.2 Å². The summed E-state index contributed by atoms with van der Waals surface area (Å²) in [7, 11) is 0. The predicted molar refractivity (Wildman–Crippen MR) is 130 cm³/mol. The van der Waals surface area contributed by atoms with Crippen LogP contribution in [0.25, 0.3) is 0 Å². The average molecular weight is 587 g/mol. The minimum Gasteiger partial charge on any atom is -0.272 e. The third kappa shape index (κ3) is 2.56. The first-order chi connectivity index (χ1) is 15.8. The Balaban J connectivity index is 1.50. The second-order valence-electron chi connectivity index (χ2n) is 8.43. The third-order valence-corrected chi connectivity index (χ3v) is 9.82. The van der Waals surface area contributed by atoms with E-state index in [4.69, 9.17) is 11.6 Å². The second kappa shape index (κ2) is 7.01. The van der Waals surface area contributed by atoms with Crippen molar-refractivity contribution in [1.29, 1.82) is 0 Å². The SMILES string of the molecule is O=C(NN1C(=O)[C@@H]2[C@H](C1=O)C1(Br)c3ccccc3C2(Br)c2ccccc21)c1cccc(Cl)c1. The Morgan fingerprint density at radius 3 is 1.67 bits per heavy atom. The number of carbonyl (C=O) groups is 3. The van der Waals surface area contributed by atoms with Crippen molar-refractivity contribution in [2.75, 3.05) is 0 Å². The van der Waals surface area contributed by atoms with Crippen molar-refractivity contribution in [1.82, 2.24) is 10.4 Å². The van der Waals surface area contributed by atoms with E-state index in [1.54, 1.807) is 18.2 Å². The van der Waals surface area contributed by atoms with Crippen molar-refractivity contribution in [2.45, 2.75) is 8.65 Å². The van der Waals surface area contributed by atoms with Crippen molar-refractivity contribution in [2.24, 2.45) is 11.8 Å². The maximum absolute atomic E-state index is 13.8. The highest BCUT2D eigenvalue weighted by molar-refractivity contribution is 9.10. The number of halogens is 3. The Kier molecular flexibility index (Phi) is 4.48. The highest BCUT2D eigenvalue weighted by Crippen LogP contribution is 2.70. The molecule has 1 heterocycles. The van der Waals surface area contributed by atoms with Gasteiger partial charge in [0.1, 0.15) is 0 Å². The first-order valence-electron chi connectivity index (χ1n) is 10.3. The maximum atomic E-state index is 13.8. The molecule has 0 saturated carbocycles. The van der Waals surface area contributed by atoms with Crippen LogP contribution in [0.1, 0.15) is 32.6 Å². The van der Waals surface area contributed by atoms with E-state index in [0.29, 0.717) is 5.02 Å². The molecule has 7 rings (SSSR count). The summed E-state index contributed by atoms with van der Waals surface area (Å²) < 4.78 is -1.80. The molecule has 8 heteroatoms. The Morgan fingerprint density at radius 1 is 0.788 bits per heavy atom. The molecule has 3 aromatic rings. The standard InChI is InChI=1S/C25H15Br2ClN2O3/c26-24-15-8-1-2-9-16(15)25(27,18-11-4-3-10-17(18)24)20-19(24)22(32)30(23(20)33)29-21(31)13-6-5-7-14(28)12-13/h1-12,19-20H,(H,29,31)/t19-,20+,24?,25?. The molecule has 0 aromatic heterocycles. The summed E-state index contributed by atoms with van der Waals surface area (Å²) in [5, 5.41) is 1.26. The van der Waals surface area contributed by atoms with Gasteiger partial charge in [-0.15, -0.1) is 0 Å². The number of imide groups is 1. The van der Waals surface area contributed by atoms with E-state index in [2.05, 4.69) is 37.3 Å². The fourth-order valence-corrected chi connectivity index (χ4v) is 8.07. The third-order valence-electron chi connectivity index (χ3n) is 6.89. The molecular weight excluding hydrogens is 572 g/mol. The van der Waals surface area contributed by atoms with Gasteiger partial charge in [-0.25, -0.2) is 0 Å². The predicted octanol–water partition coefficient (Wildman–Crippen LogP) is 4.89. The van der Waals surface area contributed by atoms with Gasteiger partial charge in [0.15, 0.2) is 0 Å². The van der Waals surface area contributed by atoms with E-state index in [-0.39, 0.29) is 5.56 Å². The summed E-state index contributed by atoms with van der Waals surface area (Å²) in [6.45, 7) is 0. The van der Waals surface area contributed by atoms with Crippen LogP contribution in [-0.4, -0.2) is 22.7 Å². The van der Waals surface area contributed by atoms with Crippen LogP contribution < -0.4 is 5.43 Å². The molecule has 5 nitrogen and oxygen atoms in total. The van der Waals surface area contributed by atoms with Gasteiger partial charge in [-0.1, -0.05) is 98.1 Å². The van der Waals surface area contributed by atoms with Crippen molar-refractivity contribution in [3.8, 4) is 0 Å². The zero-order chi connectivity index (χ0) is 23.1. The highest BCUT2D eigenvalue weighted by atomic mass is 79.9. The zero-order valence-electron chi connectivity index (χ0n) is 16.9. The molecule has 3 amide bonds. The first kappa shape index (κ1) is 21.1. The summed E-state index contributed by atoms with van der Waals surface area (Å²) >= 11 is 13.9. The molecular formula is C25H15Br2ClN2O3. The van der Waals surface area contributed by atoms with Crippen molar-refractivity contribution >= 4 is 61.2 Å². The quantitative estimate of drug-likeness (QED) is 0.344. The molecule has 0 spiro atoms. The van der Waals surface area contributed by atoms with Gasteiger partial charge in [-0.2, -0.15) is 5.01 Å². The Hall–Kier alpha value is -2.48. The molecule has 1 fully saturated rings. The van der Waals surface area contributed by atoms with Gasteiger partial charge in [0.2, 0.25) is 0 Å². The number of nitrogens with zero attached hydrogens (tertiary/aromatic N) is 1. The number of rotatable bonds is 2. The largest absolute Gasteiger partial charge is 0.272 e. The lowest BCUT2D eigenvalue weighted by Gasteiger charge is -2.55. The van der Waals surface area contributed by atoms with Gasteiger partial charge in [0, 0.05) is 10.6 Å². The maximum Gasteiger partial charge on any atom is 0.270 e. The van der Waals surface area contributed by atoms with E-state index >= 15 is 0 Å². The molecule has 4 aliphatic rings. The number of amides is 3. The van der Waals surface area contributed by atoms with Crippen LogP contribution in [0.2, 0.25) is 5.02 Å². The van der Waals surface area contributed by atoms with Crippen LogP contribution >= 0.6 is 43.5 Å². The summed E-state index contributed by atoms with van der Waals surface area (Å²) in [6, 6.07) is 22.0. The normalized spacial score (nSPS) is 28.9. The topological polar surface area (TPSA) is 66.5 Å². The lowest BCUT2D eigenvalue weighted by molar-refractivity contribution is -0.142. The molecule has 0 unspecified atom stereocenters. The lowest BCUT2D eigenvalue weighted by Crippen LogP contribution is -2.56. The molecule has 3 aliphatic carbocycles. The van der Waals surface area contributed by atoms with Crippen LogP contribution in [0.5, 0.6) is 0 Å². The minimum absolute atomic E-state index is 0.259. The van der Waals surface area contributed by atoms with Gasteiger partial charge in [0.25, 0.3) is 17.7 Å². The smallest absolute Gasteiger partial charge is 0.270 e. The Labute approximate surface area is 211 Å².